The van der Waals surface area contributed by atoms with Gasteiger partial charge in [0.15, 0.2) is 0 Å². The van der Waals surface area contributed by atoms with Gasteiger partial charge in [0, 0.05) is 16.8 Å². The highest BCUT2D eigenvalue weighted by Crippen LogP contribution is 2.36. The molecule has 0 bridgehead atoms. The third kappa shape index (κ3) is 3.37. The van der Waals surface area contributed by atoms with E-state index in [4.69, 9.17) is 5.73 Å². The number of halogens is 3. The Labute approximate surface area is 157 Å². The molecule has 0 spiro atoms. The first-order chi connectivity index (χ1) is 12.8. The van der Waals surface area contributed by atoms with Gasteiger partial charge in [-0.05, 0) is 55.5 Å². The highest BCUT2D eigenvalue weighted by molar-refractivity contribution is 7.21. The van der Waals surface area contributed by atoms with Crippen LogP contribution in [0, 0.1) is 0 Å². The number of anilines is 2. The summed E-state index contributed by atoms with van der Waals surface area (Å²) in [6, 6.07) is 6.51. The first-order valence-electron chi connectivity index (χ1n) is 8.52. The predicted molar refractivity (Wildman–Crippen MR) is 100 cm³/mol. The molecule has 2 heterocycles. The Balaban J connectivity index is 1.66. The number of amides is 1. The first-order valence-corrected chi connectivity index (χ1v) is 9.34. The lowest BCUT2D eigenvalue weighted by Gasteiger charge is -2.14. The van der Waals surface area contributed by atoms with Gasteiger partial charge in [-0.2, -0.15) is 13.2 Å². The van der Waals surface area contributed by atoms with E-state index in [0.29, 0.717) is 10.5 Å². The largest absolute Gasteiger partial charge is 0.416 e. The highest BCUT2D eigenvalue weighted by atomic mass is 32.1. The monoisotopic (exact) mass is 391 g/mol. The van der Waals surface area contributed by atoms with Gasteiger partial charge in [0.1, 0.15) is 9.71 Å². The zero-order valence-electron chi connectivity index (χ0n) is 14.2. The van der Waals surface area contributed by atoms with E-state index >= 15 is 0 Å². The number of alkyl halides is 3. The molecule has 0 aliphatic heterocycles. The number of nitrogens with one attached hydrogen (secondary N) is 1. The van der Waals surface area contributed by atoms with E-state index in [-0.39, 0.29) is 10.6 Å². The molecule has 1 aromatic carbocycles. The number of carbonyl (C=O) groups is 1. The third-order valence-electron chi connectivity index (χ3n) is 4.65. The van der Waals surface area contributed by atoms with Crippen LogP contribution in [-0.2, 0) is 19.0 Å². The molecule has 0 fully saturated rings. The van der Waals surface area contributed by atoms with Crippen LogP contribution in [0.5, 0.6) is 0 Å². The highest BCUT2D eigenvalue weighted by Gasteiger charge is 2.30. The summed E-state index contributed by atoms with van der Waals surface area (Å²) in [6.45, 7) is 0. The van der Waals surface area contributed by atoms with Gasteiger partial charge in [0.05, 0.1) is 11.3 Å². The van der Waals surface area contributed by atoms with E-state index in [1.807, 2.05) is 6.07 Å². The Hall–Kier alpha value is -2.61. The molecule has 2 aromatic heterocycles. The molecule has 27 heavy (non-hydrogen) atoms. The van der Waals surface area contributed by atoms with Crippen molar-refractivity contribution in [2.75, 3.05) is 11.1 Å². The van der Waals surface area contributed by atoms with Crippen LogP contribution in [0.4, 0.5) is 24.5 Å². The quantitative estimate of drug-likeness (QED) is 0.644. The fraction of sp³-hybridized carbons (Fsp3) is 0.263. The number of benzene rings is 1. The Bertz CT molecular complexity index is 1040. The number of rotatable bonds is 2. The number of fused-ring (bicyclic) bond motifs is 2. The molecule has 8 heteroatoms. The molecule has 0 unspecified atom stereocenters. The topological polar surface area (TPSA) is 68.0 Å². The molecule has 1 amide bonds. The van der Waals surface area contributed by atoms with Crippen molar-refractivity contribution in [3.8, 4) is 0 Å². The maximum absolute atomic E-state index is 12.8. The van der Waals surface area contributed by atoms with Crippen molar-refractivity contribution in [3.63, 3.8) is 0 Å². The minimum atomic E-state index is -4.47. The van der Waals surface area contributed by atoms with Crippen LogP contribution in [0.3, 0.4) is 0 Å². The summed E-state index contributed by atoms with van der Waals surface area (Å²) in [4.78, 5) is 18.2. The van der Waals surface area contributed by atoms with Crippen molar-refractivity contribution in [1.82, 2.24) is 4.98 Å². The summed E-state index contributed by atoms with van der Waals surface area (Å²) in [5.74, 6) is -0.534. The van der Waals surface area contributed by atoms with Crippen LogP contribution in [0.15, 0.2) is 30.3 Å². The Morgan fingerprint density at radius 1 is 1.19 bits per heavy atom. The Morgan fingerprint density at radius 2 is 1.96 bits per heavy atom. The number of pyridine rings is 1. The van der Waals surface area contributed by atoms with Crippen molar-refractivity contribution < 1.29 is 18.0 Å². The van der Waals surface area contributed by atoms with E-state index in [9.17, 15) is 18.0 Å². The van der Waals surface area contributed by atoms with Gasteiger partial charge >= 0.3 is 6.18 Å². The zero-order chi connectivity index (χ0) is 19.2. The maximum Gasteiger partial charge on any atom is 0.416 e. The van der Waals surface area contributed by atoms with Crippen molar-refractivity contribution in [2.45, 2.75) is 31.9 Å². The Morgan fingerprint density at radius 3 is 2.74 bits per heavy atom. The van der Waals surface area contributed by atoms with Crippen LogP contribution in [0.1, 0.15) is 39.3 Å². The van der Waals surface area contributed by atoms with Gasteiger partial charge in [-0.3, -0.25) is 4.79 Å². The normalized spacial score (nSPS) is 14.2. The number of nitrogens with zero attached hydrogens (tertiary/aromatic N) is 1. The smallest absolute Gasteiger partial charge is 0.397 e. The molecular weight excluding hydrogens is 375 g/mol. The van der Waals surface area contributed by atoms with Gasteiger partial charge in [0.2, 0.25) is 0 Å². The molecule has 1 aliphatic rings. The molecule has 4 nitrogen and oxygen atoms in total. The summed E-state index contributed by atoms with van der Waals surface area (Å²) >= 11 is 1.16. The van der Waals surface area contributed by atoms with Crippen molar-refractivity contribution >= 4 is 38.8 Å². The molecule has 3 aromatic rings. The average Bonchev–Trinajstić information content (AvgIpc) is 2.95. The molecule has 0 saturated carbocycles. The number of hydrogen-bond donors (Lipinski definition) is 2. The second-order valence-corrected chi connectivity index (χ2v) is 7.53. The van der Waals surface area contributed by atoms with Gasteiger partial charge in [-0.25, -0.2) is 4.98 Å². The summed E-state index contributed by atoms with van der Waals surface area (Å²) in [7, 11) is 0. The lowest BCUT2D eigenvalue weighted by Crippen LogP contribution is -2.13. The van der Waals surface area contributed by atoms with Gasteiger partial charge < -0.3 is 11.1 Å². The molecule has 3 N–H and O–H groups in total. The van der Waals surface area contributed by atoms with E-state index in [0.717, 1.165) is 65.8 Å². The molecule has 4 rings (SSSR count). The lowest BCUT2D eigenvalue weighted by molar-refractivity contribution is -0.137. The van der Waals surface area contributed by atoms with Crippen molar-refractivity contribution in [2.24, 2.45) is 0 Å². The van der Waals surface area contributed by atoms with E-state index in [1.165, 1.54) is 12.1 Å². The first kappa shape index (κ1) is 17.8. The van der Waals surface area contributed by atoms with E-state index in [1.54, 1.807) is 0 Å². The third-order valence-corrected chi connectivity index (χ3v) is 5.77. The number of nitrogens with two attached hydrogens (primary N) is 1. The average molecular weight is 391 g/mol. The number of thiophene rings is 1. The minimum absolute atomic E-state index is 0.0685. The lowest BCUT2D eigenvalue weighted by atomic mass is 9.95. The number of hydrogen-bond acceptors (Lipinski definition) is 4. The van der Waals surface area contributed by atoms with Crippen molar-refractivity contribution in [3.05, 3.63) is 52.0 Å². The maximum atomic E-state index is 12.8. The van der Waals surface area contributed by atoms with Gasteiger partial charge in [-0.1, -0.05) is 6.07 Å². The second kappa shape index (κ2) is 6.53. The zero-order valence-corrected chi connectivity index (χ0v) is 15.0. The number of aromatic nitrogens is 1. The van der Waals surface area contributed by atoms with Crippen LogP contribution in [0.2, 0.25) is 0 Å². The van der Waals surface area contributed by atoms with Crippen LogP contribution < -0.4 is 11.1 Å². The number of carbonyl (C=O) groups excluding carboxylic acids is 1. The summed E-state index contributed by atoms with van der Waals surface area (Å²) in [5, 5.41) is 3.24. The van der Waals surface area contributed by atoms with E-state index in [2.05, 4.69) is 10.3 Å². The molecular formula is C19H16F3N3OS. The molecule has 0 radical (unpaired) electrons. The fourth-order valence-corrected chi connectivity index (χ4v) is 4.28. The van der Waals surface area contributed by atoms with Crippen LogP contribution in [-0.4, -0.2) is 10.9 Å². The van der Waals surface area contributed by atoms with Crippen molar-refractivity contribution in [1.29, 1.82) is 0 Å². The summed E-state index contributed by atoms with van der Waals surface area (Å²) in [5.41, 5.74) is 7.92. The van der Waals surface area contributed by atoms with Crippen LogP contribution in [0.25, 0.3) is 10.2 Å². The molecule has 0 atom stereocenters. The molecule has 0 saturated heterocycles. The Kier molecular flexibility index (Phi) is 4.30. The van der Waals surface area contributed by atoms with Gasteiger partial charge in [0.25, 0.3) is 5.91 Å². The molecule has 1 aliphatic carbocycles. The van der Waals surface area contributed by atoms with Gasteiger partial charge in [-0.15, -0.1) is 11.3 Å². The summed E-state index contributed by atoms with van der Waals surface area (Å²) < 4.78 is 38.5. The fourth-order valence-electron chi connectivity index (χ4n) is 3.29. The standard InChI is InChI=1S/C19H16F3N3OS/c20-19(21,22)11-5-3-6-12(9-11)24-17(26)16-15(23)13-8-10-4-1-2-7-14(10)25-18(13)27-16/h3,5-6,8-9H,1-2,4,7,23H2,(H,24,26). The number of aryl methyl sites for hydroxylation is 2. The molecule has 140 valence electrons. The van der Waals surface area contributed by atoms with E-state index < -0.39 is 17.6 Å². The van der Waals surface area contributed by atoms with Crippen LogP contribution >= 0.6 is 11.3 Å². The minimum Gasteiger partial charge on any atom is -0.397 e. The second-order valence-electron chi connectivity index (χ2n) is 6.53. The summed E-state index contributed by atoms with van der Waals surface area (Å²) in [6.07, 6.45) is -0.420. The number of nitrogen functional groups attached to an aromatic ring is 1. The predicted octanol–water partition coefficient (Wildman–Crippen LogP) is 5.03. The SMILES string of the molecule is Nc1c(C(=O)Nc2cccc(C(F)(F)F)c2)sc2nc3c(cc12)CCCC3.